The molecule has 4 bridgehead atoms. The van der Waals surface area contributed by atoms with E-state index in [-0.39, 0.29) is 47.4 Å². The average molecular weight is 456 g/mol. The fourth-order valence-electron chi connectivity index (χ4n) is 7.39. The van der Waals surface area contributed by atoms with Gasteiger partial charge in [0.25, 0.3) is 0 Å². The van der Waals surface area contributed by atoms with Gasteiger partial charge < -0.3 is 25.4 Å². The third-order valence-corrected chi connectivity index (χ3v) is 8.95. The number of ether oxygens (including phenoxy) is 1. The van der Waals surface area contributed by atoms with E-state index in [1.807, 2.05) is 6.92 Å². The second-order valence-corrected chi connectivity index (χ2v) is 10.7. The molecule has 4 fully saturated rings. The molecular weight excluding hydrogens is 426 g/mol. The molecule has 1 aromatic carbocycles. The molecule has 1 aromatic rings. The summed E-state index contributed by atoms with van der Waals surface area (Å²) in [5.74, 6) is -2.54. The van der Waals surface area contributed by atoms with E-state index in [2.05, 4.69) is 19.2 Å². The van der Waals surface area contributed by atoms with Crippen molar-refractivity contribution < 1.29 is 34.4 Å². The minimum atomic E-state index is -1.38. The van der Waals surface area contributed by atoms with Crippen molar-refractivity contribution >= 4 is 23.3 Å². The van der Waals surface area contributed by atoms with Gasteiger partial charge in [-0.3, -0.25) is 9.59 Å². The molecule has 4 N–H and O–H groups in total. The van der Waals surface area contributed by atoms with Crippen LogP contribution in [0.15, 0.2) is 23.8 Å². The number of rotatable bonds is 5. The fourth-order valence-corrected chi connectivity index (χ4v) is 7.39. The minimum absolute atomic E-state index is 0.000677. The normalized spacial score (nSPS) is 38.2. The van der Waals surface area contributed by atoms with Crippen LogP contribution in [0, 0.1) is 22.7 Å². The number of aromatic carboxylic acids is 1. The zero-order valence-corrected chi connectivity index (χ0v) is 19.0. The second kappa shape index (κ2) is 6.82. The number of hydrogen-bond acceptors (Lipinski definition) is 6. The molecule has 8 heteroatoms. The predicted octanol–water partition coefficient (Wildman–Crippen LogP) is 3.62. The largest absolute Gasteiger partial charge is 0.506 e. The number of carboxylic acids is 1. The van der Waals surface area contributed by atoms with E-state index in [1.54, 1.807) is 6.08 Å². The molecule has 1 spiro atoms. The lowest BCUT2D eigenvalue weighted by atomic mass is 9.48. The number of carboxylic acid groups (broad SMARTS) is 1. The van der Waals surface area contributed by atoms with Gasteiger partial charge in [-0.2, -0.15) is 0 Å². The Kier molecular flexibility index (Phi) is 4.54. The molecule has 3 aliphatic carbocycles. The number of anilines is 1. The Hall–Kier alpha value is -2.87. The van der Waals surface area contributed by atoms with Gasteiger partial charge >= 0.3 is 5.97 Å². The van der Waals surface area contributed by atoms with Crippen molar-refractivity contribution in [3.63, 3.8) is 0 Å². The number of phenolic OH excluding ortho intramolecular Hbond substituents is 1. The third kappa shape index (κ3) is 2.89. The van der Waals surface area contributed by atoms with Crippen LogP contribution < -0.4 is 5.32 Å². The number of nitrogens with one attached hydrogen (secondary N) is 1. The van der Waals surface area contributed by atoms with Crippen LogP contribution in [-0.2, 0) is 14.3 Å². The summed E-state index contributed by atoms with van der Waals surface area (Å²) in [7, 11) is 0. The van der Waals surface area contributed by atoms with Crippen LogP contribution in [0.2, 0.25) is 0 Å². The maximum atomic E-state index is 13.3. The molecular formula is C25H29NO7. The Morgan fingerprint density at radius 2 is 1.97 bits per heavy atom. The first-order chi connectivity index (χ1) is 15.4. The van der Waals surface area contributed by atoms with Gasteiger partial charge in [-0.25, -0.2) is 4.79 Å². The maximum Gasteiger partial charge on any atom is 0.339 e. The molecule has 1 amide bonds. The summed E-state index contributed by atoms with van der Waals surface area (Å²) in [4.78, 5) is 37.3. The molecule has 2 saturated heterocycles. The molecule has 0 radical (unpaired) electrons. The molecule has 8 nitrogen and oxygen atoms in total. The van der Waals surface area contributed by atoms with Crippen LogP contribution in [0.1, 0.15) is 63.2 Å². The standard InChI is InChI=1S/C25H29NO7/c1-12-8-17(28)23(2,21-16-9-13-10-25(12,21)11-24(13,3)33-16)7-6-18(29)26-19-15(27)5-4-14(20(19)30)22(31)32/h4-5,8,13,16,21,27,30H,6-7,9-11H2,1-3H3,(H,26,29)(H,31,32)/t13?,16?,21?,23-,24?,25?/m1/s1. The highest BCUT2D eigenvalue weighted by Gasteiger charge is 2.72. The first-order valence-electron chi connectivity index (χ1n) is 11.4. The maximum absolute atomic E-state index is 13.3. The lowest BCUT2D eigenvalue weighted by Gasteiger charge is -2.57. The van der Waals surface area contributed by atoms with Crippen molar-refractivity contribution in [3.05, 3.63) is 29.3 Å². The number of hydrogen-bond donors (Lipinski definition) is 4. The van der Waals surface area contributed by atoms with Crippen molar-refractivity contribution in [2.45, 2.75) is 64.6 Å². The van der Waals surface area contributed by atoms with Crippen LogP contribution >= 0.6 is 0 Å². The van der Waals surface area contributed by atoms with Crippen LogP contribution in [0.5, 0.6) is 11.5 Å². The summed E-state index contributed by atoms with van der Waals surface area (Å²) in [6.45, 7) is 6.16. The first kappa shape index (κ1) is 21.9. The second-order valence-electron chi connectivity index (χ2n) is 10.7. The average Bonchev–Trinajstić information content (AvgIpc) is 3.10. The van der Waals surface area contributed by atoms with Crippen LogP contribution in [0.4, 0.5) is 5.69 Å². The Bertz CT molecular complexity index is 1130. The number of phenols is 2. The first-order valence-corrected chi connectivity index (χ1v) is 11.4. The van der Waals surface area contributed by atoms with Gasteiger partial charge in [0.15, 0.2) is 11.5 Å². The van der Waals surface area contributed by atoms with Gasteiger partial charge in [0.05, 0.1) is 11.7 Å². The summed E-state index contributed by atoms with van der Waals surface area (Å²) in [5, 5.41) is 31.8. The summed E-state index contributed by atoms with van der Waals surface area (Å²) in [6.07, 6.45) is 4.86. The molecule has 6 rings (SSSR count). The minimum Gasteiger partial charge on any atom is -0.506 e. The summed E-state index contributed by atoms with van der Waals surface area (Å²) >= 11 is 0. The van der Waals surface area contributed by atoms with Crippen LogP contribution in [0.3, 0.4) is 0 Å². The smallest absolute Gasteiger partial charge is 0.339 e. The van der Waals surface area contributed by atoms with Crippen molar-refractivity contribution in [3.8, 4) is 11.5 Å². The van der Waals surface area contributed by atoms with E-state index in [4.69, 9.17) is 4.74 Å². The topological polar surface area (TPSA) is 133 Å². The van der Waals surface area contributed by atoms with Gasteiger partial charge in [-0.05, 0) is 63.7 Å². The number of ketones is 1. The van der Waals surface area contributed by atoms with E-state index in [1.165, 1.54) is 0 Å². The molecule has 2 saturated carbocycles. The zero-order valence-electron chi connectivity index (χ0n) is 19.0. The highest BCUT2D eigenvalue weighted by atomic mass is 16.5. The van der Waals surface area contributed by atoms with Gasteiger partial charge in [0, 0.05) is 23.2 Å². The molecule has 0 aromatic heterocycles. The molecule has 5 unspecified atom stereocenters. The van der Waals surface area contributed by atoms with E-state index >= 15 is 0 Å². The van der Waals surface area contributed by atoms with Crippen molar-refractivity contribution in [2.24, 2.45) is 22.7 Å². The Labute approximate surface area is 191 Å². The molecule has 5 aliphatic rings. The highest BCUT2D eigenvalue weighted by molar-refractivity contribution is 6.00. The predicted molar refractivity (Wildman–Crippen MR) is 118 cm³/mol. The highest BCUT2D eigenvalue weighted by Crippen LogP contribution is 2.73. The Morgan fingerprint density at radius 1 is 1.24 bits per heavy atom. The molecule has 33 heavy (non-hydrogen) atoms. The van der Waals surface area contributed by atoms with E-state index in [9.17, 15) is 29.7 Å². The number of amides is 1. The zero-order chi connectivity index (χ0) is 23.9. The van der Waals surface area contributed by atoms with Crippen LogP contribution in [0.25, 0.3) is 0 Å². The molecule has 2 heterocycles. The molecule has 6 atom stereocenters. The lowest BCUT2D eigenvalue weighted by Crippen LogP contribution is -2.58. The van der Waals surface area contributed by atoms with E-state index in [0.29, 0.717) is 5.92 Å². The Balaban J connectivity index is 1.38. The number of aromatic hydroxyl groups is 2. The summed E-state index contributed by atoms with van der Waals surface area (Å²) in [5.41, 5.74) is -0.637. The fraction of sp³-hybridized carbons (Fsp3) is 0.560. The third-order valence-electron chi connectivity index (χ3n) is 8.95. The van der Waals surface area contributed by atoms with Crippen molar-refractivity contribution in [1.82, 2.24) is 0 Å². The van der Waals surface area contributed by atoms with E-state index in [0.717, 1.165) is 37.0 Å². The Morgan fingerprint density at radius 3 is 2.64 bits per heavy atom. The number of carbonyl (C=O) groups excluding carboxylic acids is 2. The van der Waals surface area contributed by atoms with Gasteiger partial charge in [-0.1, -0.05) is 12.5 Å². The van der Waals surface area contributed by atoms with Crippen molar-refractivity contribution in [2.75, 3.05) is 5.32 Å². The van der Waals surface area contributed by atoms with E-state index < -0.39 is 34.4 Å². The summed E-state index contributed by atoms with van der Waals surface area (Å²) in [6, 6.07) is 2.16. The van der Waals surface area contributed by atoms with Gasteiger partial charge in [0.2, 0.25) is 5.91 Å². The van der Waals surface area contributed by atoms with Gasteiger partial charge in [-0.15, -0.1) is 0 Å². The monoisotopic (exact) mass is 455 g/mol. The number of allylic oxidation sites excluding steroid dienone is 2. The summed E-state index contributed by atoms with van der Waals surface area (Å²) < 4.78 is 6.46. The quantitative estimate of drug-likeness (QED) is 0.498. The number of benzene rings is 1. The van der Waals surface area contributed by atoms with Crippen LogP contribution in [-0.4, -0.2) is 44.7 Å². The van der Waals surface area contributed by atoms with Gasteiger partial charge in [0.1, 0.15) is 17.0 Å². The lowest BCUT2D eigenvalue weighted by molar-refractivity contribution is -0.171. The van der Waals surface area contributed by atoms with Crippen molar-refractivity contribution in [1.29, 1.82) is 0 Å². The molecule has 176 valence electrons. The number of carbonyl (C=O) groups is 3. The SMILES string of the molecule is CC1=CC(=O)[C@@](C)(CCC(=O)Nc2c(O)ccc(C(=O)O)c2O)C2C3CC4CC12CC4(C)O3. The molecule has 2 aliphatic heterocycles.